The molecule has 25 heavy (non-hydrogen) atoms. The molecular weight excluding hydrogens is 316 g/mol. The zero-order valence-electron chi connectivity index (χ0n) is 15.0. The van der Waals surface area contributed by atoms with E-state index in [0.29, 0.717) is 13.1 Å². The lowest BCUT2D eigenvalue weighted by Crippen LogP contribution is -2.50. The second kappa shape index (κ2) is 7.42. The average Bonchev–Trinajstić information content (AvgIpc) is 2.64. The Labute approximate surface area is 148 Å². The molecule has 0 unspecified atom stereocenters. The molecule has 0 saturated carbocycles. The molecule has 0 aliphatic carbocycles. The molecule has 3 rings (SSSR count). The monoisotopic (exact) mass is 340 g/mol. The number of aryl methyl sites for hydroxylation is 2. The minimum atomic E-state index is -0.0755. The molecule has 1 aliphatic rings. The van der Waals surface area contributed by atoms with Crippen molar-refractivity contribution in [2.45, 2.75) is 13.8 Å². The van der Waals surface area contributed by atoms with E-state index in [1.54, 1.807) is 7.11 Å². The van der Waals surface area contributed by atoms with Gasteiger partial charge in [-0.1, -0.05) is 12.1 Å². The Morgan fingerprint density at radius 2 is 1.80 bits per heavy atom. The number of ether oxygens (including phenoxy) is 1. The Morgan fingerprint density at radius 1 is 1.08 bits per heavy atom. The first-order valence-electron chi connectivity index (χ1n) is 8.46. The molecule has 1 N–H and O–H groups in total. The van der Waals surface area contributed by atoms with Crippen molar-refractivity contribution in [3.63, 3.8) is 0 Å². The minimum Gasteiger partial charge on any atom is -0.495 e. The number of piperazine rings is 1. The highest BCUT2D eigenvalue weighted by Crippen LogP contribution is 2.28. The standard InChI is InChI=1S/C19H24N4O2/c1-14-8-9-16(15(2)20-14)21-19(24)23-12-10-22(11-13-23)17-6-4-5-7-18(17)25-3/h4-9H,10-13H2,1-3H3,(H,21,24). The number of pyridine rings is 1. The summed E-state index contributed by atoms with van der Waals surface area (Å²) in [6, 6.07) is 11.7. The Balaban J connectivity index is 1.61. The summed E-state index contributed by atoms with van der Waals surface area (Å²) in [7, 11) is 1.68. The van der Waals surface area contributed by atoms with E-state index in [0.717, 1.165) is 41.6 Å². The van der Waals surface area contributed by atoms with Gasteiger partial charge in [0.15, 0.2) is 0 Å². The van der Waals surface area contributed by atoms with Gasteiger partial charge in [-0.15, -0.1) is 0 Å². The van der Waals surface area contributed by atoms with Crippen LogP contribution >= 0.6 is 0 Å². The van der Waals surface area contributed by atoms with Gasteiger partial charge in [-0.25, -0.2) is 4.79 Å². The van der Waals surface area contributed by atoms with Gasteiger partial charge < -0.3 is 19.9 Å². The van der Waals surface area contributed by atoms with Crippen molar-refractivity contribution in [3.8, 4) is 5.75 Å². The number of benzene rings is 1. The SMILES string of the molecule is COc1ccccc1N1CCN(C(=O)Nc2ccc(C)nc2C)CC1. The van der Waals surface area contributed by atoms with E-state index in [-0.39, 0.29) is 6.03 Å². The van der Waals surface area contributed by atoms with Crippen LogP contribution in [-0.4, -0.2) is 49.2 Å². The number of methoxy groups -OCH3 is 1. The van der Waals surface area contributed by atoms with Gasteiger partial charge in [-0.2, -0.15) is 0 Å². The van der Waals surface area contributed by atoms with Crippen molar-refractivity contribution in [3.05, 3.63) is 47.8 Å². The summed E-state index contributed by atoms with van der Waals surface area (Å²) in [6.07, 6.45) is 0. The van der Waals surface area contributed by atoms with Crippen molar-refractivity contribution >= 4 is 17.4 Å². The first-order valence-corrected chi connectivity index (χ1v) is 8.46. The first kappa shape index (κ1) is 17.1. The lowest BCUT2D eigenvalue weighted by atomic mass is 10.2. The third-order valence-electron chi connectivity index (χ3n) is 4.46. The van der Waals surface area contributed by atoms with E-state index in [9.17, 15) is 4.79 Å². The molecule has 2 aromatic rings. The summed E-state index contributed by atoms with van der Waals surface area (Å²) in [5.74, 6) is 0.863. The van der Waals surface area contributed by atoms with Crippen LogP contribution in [0, 0.1) is 13.8 Å². The molecule has 1 aliphatic heterocycles. The molecule has 0 atom stereocenters. The molecule has 0 bridgehead atoms. The lowest BCUT2D eigenvalue weighted by molar-refractivity contribution is 0.208. The highest BCUT2D eigenvalue weighted by Gasteiger charge is 2.23. The second-order valence-electron chi connectivity index (χ2n) is 6.16. The number of carbonyl (C=O) groups is 1. The van der Waals surface area contributed by atoms with Crippen molar-refractivity contribution in [2.75, 3.05) is 43.5 Å². The number of hydrogen-bond acceptors (Lipinski definition) is 4. The van der Waals surface area contributed by atoms with Crippen LogP contribution in [-0.2, 0) is 0 Å². The number of para-hydroxylation sites is 2. The maximum absolute atomic E-state index is 12.5. The van der Waals surface area contributed by atoms with Crippen LogP contribution < -0.4 is 15.0 Å². The van der Waals surface area contributed by atoms with Crippen LogP contribution in [0.15, 0.2) is 36.4 Å². The number of hydrogen-bond donors (Lipinski definition) is 1. The number of carbonyl (C=O) groups excluding carboxylic acids is 1. The molecule has 6 nitrogen and oxygen atoms in total. The minimum absolute atomic E-state index is 0.0755. The zero-order valence-corrected chi connectivity index (χ0v) is 15.0. The van der Waals surface area contributed by atoms with E-state index < -0.39 is 0 Å². The summed E-state index contributed by atoms with van der Waals surface area (Å²) in [6.45, 7) is 6.74. The number of nitrogens with zero attached hydrogens (tertiary/aromatic N) is 3. The van der Waals surface area contributed by atoms with E-state index in [2.05, 4.69) is 21.3 Å². The summed E-state index contributed by atoms with van der Waals surface area (Å²) in [5.41, 5.74) is 3.62. The molecule has 1 aromatic carbocycles. The van der Waals surface area contributed by atoms with Gasteiger partial charge in [0, 0.05) is 31.9 Å². The number of urea groups is 1. The van der Waals surface area contributed by atoms with Crippen LogP contribution in [0.2, 0.25) is 0 Å². The van der Waals surface area contributed by atoms with Crippen LogP contribution in [0.1, 0.15) is 11.4 Å². The fourth-order valence-corrected chi connectivity index (χ4v) is 3.05. The zero-order chi connectivity index (χ0) is 17.8. The Hall–Kier alpha value is -2.76. The van der Waals surface area contributed by atoms with E-state index in [1.165, 1.54) is 0 Å². The van der Waals surface area contributed by atoms with Gasteiger partial charge in [-0.05, 0) is 38.1 Å². The van der Waals surface area contributed by atoms with Crippen molar-refractivity contribution in [1.29, 1.82) is 0 Å². The smallest absolute Gasteiger partial charge is 0.322 e. The second-order valence-corrected chi connectivity index (χ2v) is 6.16. The predicted molar refractivity (Wildman–Crippen MR) is 99.5 cm³/mol. The maximum atomic E-state index is 12.5. The highest BCUT2D eigenvalue weighted by molar-refractivity contribution is 5.90. The third kappa shape index (κ3) is 3.84. The molecule has 2 amide bonds. The van der Waals surface area contributed by atoms with Gasteiger partial charge >= 0.3 is 6.03 Å². The van der Waals surface area contributed by atoms with E-state index in [1.807, 2.05) is 49.1 Å². The number of aromatic nitrogens is 1. The fourth-order valence-electron chi connectivity index (χ4n) is 3.05. The van der Waals surface area contributed by atoms with Crippen molar-refractivity contribution < 1.29 is 9.53 Å². The number of anilines is 2. The number of rotatable bonds is 3. The van der Waals surface area contributed by atoms with Crippen LogP contribution in [0.4, 0.5) is 16.2 Å². The normalized spacial score (nSPS) is 14.4. The predicted octanol–water partition coefficient (Wildman–Crippen LogP) is 3.06. The van der Waals surface area contributed by atoms with Crippen LogP contribution in [0.5, 0.6) is 5.75 Å². The maximum Gasteiger partial charge on any atom is 0.322 e. The van der Waals surface area contributed by atoms with E-state index >= 15 is 0 Å². The van der Waals surface area contributed by atoms with Crippen molar-refractivity contribution in [2.24, 2.45) is 0 Å². The molecule has 6 heteroatoms. The van der Waals surface area contributed by atoms with Gasteiger partial charge in [0.1, 0.15) is 5.75 Å². The third-order valence-corrected chi connectivity index (χ3v) is 4.46. The largest absolute Gasteiger partial charge is 0.495 e. The highest BCUT2D eigenvalue weighted by atomic mass is 16.5. The van der Waals surface area contributed by atoms with E-state index in [4.69, 9.17) is 4.74 Å². The molecule has 0 radical (unpaired) electrons. The van der Waals surface area contributed by atoms with Gasteiger partial charge in [0.05, 0.1) is 24.2 Å². The topological polar surface area (TPSA) is 57.7 Å². The van der Waals surface area contributed by atoms with Gasteiger partial charge in [-0.3, -0.25) is 4.98 Å². The van der Waals surface area contributed by atoms with Crippen molar-refractivity contribution in [1.82, 2.24) is 9.88 Å². The summed E-state index contributed by atoms with van der Waals surface area (Å²) < 4.78 is 5.43. The molecule has 2 heterocycles. The Kier molecular flexibility index (Phi) is 5.07. The molecule has 1 aromatic heterocycles. The van der Waals surface area contributed by atoms with Gasteiger partial charge in [0.2, 0.25) is 0 Å². The van der Waals surface area contributed by atoms with Crippen LogP contribution in [0.25, 0.3) is 0 Å². The fraction of sp³-hybridized carbons (Fsp3) is 0.368. The Bertz CT molecular complexity index is 755. The molecule has 0 spiro atoms. The molecule has 1 saturated heterocycles. The number of amides is 2. The number of nitrogens with one attached hydrogen (secondary N) is 1. The molecule has 1 fully saturated rings. The molecular formula is C19H24N4O2. The van der Waals surface area contributed by atoms with Gasteiger partial charge in [0.25, 0.3) is 0 Å². The first-order chi connectivity index (χ1) is 12.1. The summed E-state index contributed by atoms with van der Waals surface area (Å²) >= 11 is 0. The summed E-state index contributed by atoms with van der Waals surface area (Å²) in [4.78, 5) is 21.0. The van der Waals surface area contributed by atoms with Crippen LogP contribution in [0.3, 0.4) is 0 Å². The lowest BCUT2D eigenvalue weighted by Gasteiger charge is -2.36. The average molecular weight is 340 g/mol. The quantitative estimate of drug-likeness (QED) is 0.933. The molecule has 132 valence electrons. The summed E-state index contributed by atoms with van der Waals surface area (Å²) in [5, 5.41) is 2.97. The Morgan fingerprint density at radius 3 is 2.48 bits per heavy atom.